The number of aromatic nitrogens is 6. The van der Waals surface area contributed by atoms with E-state index in [2.05, 4.69) is 141 Å². The van der Waals surface area contributed by atoms with Crippen molar-refractivity contribution in [2.45, 2.75) is 10.8 Å². The summed E-state index contributed by atoms with van der Waals surface area (Å²) in [6.45, 7) is 0. The van der Waals surface area contributed by atoms with Crippen molar-refractivity contribution in [1.29, 1.82) is 0 Å². The van der Waals surface area contributed by atoms with Gasteiger partial charge in [0.2, 0.25) is 0 Å². The summed E-state index contributed by atoms with van der Waals surface area (Å²) in [6, 6.07) is 54.0. The Balaban J connectivity index is 0.000000132. The maximum atomic E-state index is 4.81. The van der Waals surface area contributed by atoms with Gasteiger partial charge in [-0.2, -0.15) is 0 Å². The minimum absolute atomic E-state index is 0. The van der Waals surface area contributed by atoms with E-state index >= 15 is 0 Å². The maximum absolute atomic E-state index is 4.81. The molecule has 0 saturated heterocycles. The molecular weight excluding hydrogens is 952 g/mol. The molecule has 63 heavy (non-hydrogen) atoms. The number of hydrogen-bond donors (Lipinski definition) is 0. The van der Waals surface area contributed by atoms with Gasteiger partial charge in [-0.15, -0.1) is 58.7 Å². The minimum Gasteiger partial charge on any atom is -0.304 e. The summed E-state index contributed by atoms with van der Waals surface area (Å²) in [5.74, 6) is 0. The van der Waals surface area contributed by atoms with Gasteiger partial charge >= 0.3 is 21.1 Å². The second kappa shape index (κ2) is 14.3. The molecule has 2 spiro atoms. The summed E-state index contributed by atoms with van der Waals surface area (Å²) in [7, 11) is 0. The zero-order valence-corrected chi connectivity index (χ0v) is 35.7. The van der Waals surface area contributed by atoms with Gasteiger partial charge in [-0.1, -0.05) is 106 Å². The maximum Gasteiger partial charge on any atom is 2.00 e. The van der Waals surface area contributed by atoms with E-state index in [9.17, 15) is 0 Å². The molecule has 4 aliphatic rings. The third kappa shape index (κ3) is 5.04. The monoisotopic (exact) mass is 983 g/mol. The second-order valence-electron chi connectivity index (χ2n) is 16.1. The first-order chi connectivity index (χ1) is 30.8. The van der Waals surface area contributed by atoms with Gasteiger partial charge in [-0.3, -0.25) is 19.9 Å². The predicted molar refractivity (Wildman–Crippen MR) is 241 cm³/mol. The average Bonchev–Trinajstić information content (AvgIpc) is 4.03. The van der Waals surface area contributed by atoms with Crippen LogP contribution in [0.3, 0.4) is 0 Å². The van der Waals surface area contributed by atoms with Gasteiger partial charge in [0.1, 0.15) is 0 Å². The molecule has 0 bridgehead atoms. The molecule has 0 N–H and O–H groups in total. The molecule has 0 aliphatic heterocycles. The normalized spacial score (nSPS) is 13.8. The van der Waals surface area contributed by atoms with Crippen molar-refractivity contribution in [3.05, 3.63) is 252 Å². The van der Waals surface area contributed by atoms with E-state index in [1.807, 2.05) is 86.2 Å². The molecule has 0 amide bonds. The van der Waals surface area contributed by atoms with Crippen molar-refractivity contribution in [1.82, 2.24) is 29.9 Å². The molecule has 6 nitrogen and oxygen atoms in total. The smallest absolute Gasteiger partial charge is 0.304 e. The molecule has 0 saturated carbocycles. The Kier molecular flexibility index (Phi) is 8.44. The van der Waals surface area contributed by atoms with Gasteiger partial charge in [0.05, 0.1) is 0 Å². The molecule has 10 aromatic rings. The van der Waals surface area contributed by atoms with Gasteiger partial charge in [-0.05, 0) is 70.0 Å². The third-order valence-corrected chi connectivity index (χ3v) is 13.3. The standard InChI is InChI=1S/2C28H16N3.Pt/c2*1-2-5-18(6-3-1)19-8-9-20-26(15-19)28(25-7-4-12-31-27(20)25)23-10-13-29-16-21(23)22-17-30-14-11-24(22)28;/h2*1-8,10-17H;/q2*-1;+2. The minimum atomic E-state index is -0.434. The molecule has 0 radical (unpaired) electrons. The van der Waals surface area contributed by atoms with Crippen LogP contribution >= 0.6 is 0 Å². The molecule has 4 aliphatic carbocycles. The number of fused-ring (bicyclic) bond motifs is 20. The Morgan fingerprint density at radius 2 is 0.698 bits per heavy atom. The van der Waals surface area contributed by atoms with Crippen LogP contribution in [-0.2, 0) is 31.9 Å². The largest absolute Gasteiger partial charge is 2.00 e. The molecule has 14 rings (SSSR count). The first-order valence-corrected chi connectivity index (χ1v) is 20.7. The van der Waals surface area contributed by atoms with E-state index in [4.69, 9.17) is 9.97 Å². The van der Waals surface area contributed by atoms with Crippen molar-refractivity contribution < 1.29 is 21.1 Å². The quantitative estimate of drug-likeness (QED) is 0.161. The van der Waals surface area contributed by atoms with Gasteiger partial charge < -0.3 is 9.97 Å². The van der Waals surface area contributed by atoms with E-state index in [-0.39, 0.29) is 21.1 Å². The second-order valence-corrected chi connectivity index (χ2v) is 16.1. The molecule has 0 atom stereocenters. The van der Waals surface area contributed by atoms with Crippen LogP contribution in [0.25, 0.3) is 67.0 Å². The zero-order valence-electron chi connectivity index (χ0n) is 33.5. The van der Waals surface area contributed by atoms with E-state index in [0.29, 0.717) is 0 Å². The van der Waals surface area contributed by atoms with Crippen molar-refractivity contribution in [3.63, 3.8) is 0 Å². The van der Waals surface area contributed by atoms with Crippen LogP contribution in [0.5, 0.6) is 0 Å². The SMILES string of the molecule is [Pt+2].[c-]1cc(-c2ccccc2)cc2c1-c1ncccc1C21c2ccncc2-c2cnccc21.[c-]1cc(-c2ccccc2)cc2c1-c1ncccc1C21c2ccncc2-c2cnccc21. The molecule has 6 heterocycles. The Hall–Kier alpha value is -7.53. The first-order valence-electron chi connectivity index (χ1n) is 20.7. The van der Waals surface area contributed by atoms with Crippen LogP contribution in [-0.4, -0.2) is 29.9 Å². The molecule has 0 fully saturated rings. The molecule has 6 aromatic heterocycles. The fourth-order valence-electron chi connectivity index (χ4n) is 10.9. The summed E-state index contributed by atoms with van der Waals surface area (Å²) in [5.41, 5.74) is 22.3. The van der Waals surface area contributed by atoms with Crippen LogP contribution in [0, 0.1) is 12.1 Å². The predicted octanol–water partition coefficient (Wildman–Crippen LogP) is 11.4. The summed E-state index contributed by atoms with van der Waals surface area (Å²) in [6.07, 6.45) is 19.1. The van der Waals surface area contributed by atoms with Crippen LogP contribution in [0.15, 0.2) is 195 Å². The number of rotatable bonds is 2. The van der Waals surface area contributed by atoms with Crippen molar-refractivity contribution in [2.75, 3.05) is 0 Å². The van der Waals surface area contributed by atoms with Gasteiger partial charge in [0.15, 0.2) is 0 Å². The zero-order chi connectivity index (χ0) is 40.8. The summed E-state index contributed by atoms with van der Waals surface area (Å²) < 4.78 is 0. The molecule has 296 valence electrons. The Morgan fingerprint density at radius 1 is 0.333 bits per heavy atom. The number of hydrogen-bond acceptors (Lipinski definition) is 6. The van der Waals surface area contributed by atoms with Gasteiger partial charge in [-0.25, -0.2) is 0 Å². The van der Waals surface area contributed by atoms with Crippen LogP contribution in [0.2, 0.25) is 0 Å². The van der Waals surface area contributed by atoms with E-state index in [1.54, 1.807) is 0 Å². The molecule has 0 unspecified atom stereocenters. The van der Waals surface area contributed by atoms with E-state index in [0.717, 1.165) is 55.9 Å². The third-order valence-electron chi connectivity index (χ3n) is 13.3. The summed E-state index contributed by atoms with van der Waals surface area (Å²) in [4.78, 5) is 27.4. The summed E-state index contributed by atoms with van der Waals surface area (Å²) in [5, 5.41) is 0. The van der Waals surface area contributed by atoms with Crippen LogP contribution in [0.4, 0.5) is 0 Å². The van der Waals surface area contributed by atoms with E-state index in [1.165, 1.54) is 55.6 Å². The number of benzene rings is 4. The van der Waals surface area contributed by atoms with Gasteiger partial charge in [0.25, 0.3) is 0 Å². The summed E-state index contributed by atoms with van der Waals surface area (Å²) >= 11 is 0. The molecule has 4 aromatic carbocycles. The number of nitrogens with zero attached hydrogens (tertiary/aromatic N) is 6. The Morgan fingerprint density at radius 3 is 1.06 bits per heavy atom. The Bertz CT molecular complexity index is 3090. The van der Waals surface area contributed by atoms with Crippen molar-refractivity contribution >= 4 is 0 Å². The van der Waals surface area contributed by atoms with Gasteiger partial charge in [0, 0.05) is 95.1 Å². The molecular formula is C56H32N6Pt. The Labute approximate surface area is 378 Å². The topological polar surface area (TPSA) is 77.3 Å². The van der Waals surface area contributed by atoms with Crippen molar-refractivity contribution in [2.24, 2.45) is 0 Å². The average molecular weight is 984 g/mol. The van der Waals surface area contributed by atoms with Crippen LogP contribution < -0.4 is 0 Å². The first kappa shape index (κ1) is 37.2. The number of pyridine rings is 6. The fourth-order valence-corrected chi connectivity index (χ4v) is 10.9. The van der Waals surface area contributed by atoms with Crippen LogP contribution in [0.1, 0.15) is 44.5 Å². The molecule has 7 heteroatoms. The van der Waals surface area contributed by atoms with Crippen molar-refractivity contribution in [3.8, 4) is 67.0 Å². The fraction of sp³-hybridized carbons (Fsp3) is 0.0357. The van der Waals surface area contributed by atoms with E-state index < -0.39 is 10.8 Å².